The summed E-state index contributed by atoms with van der Waals surface area (Å²) in [4.78, 5) is 12.0. The third kappa shape index (κ3) is 1.43. The Hall–Kier alpha value is -0.830. The minimum absolute atomic E-state index is 0.0934. The second-order valence-corrected chi connectivity index (χ2v) is 7.01. The number of aliphatic hydroxyl groups is 1. The van der Waals surface area contributed by atoms with Gasteiger partial charge in [0, 0.05) is 16.6 Å². The molecule has 0 bridgehead atoms. The third-order valence-electron chi connectivity index (χ3n) is 5.55. The lowest BCUT2D eigenvalue weighted by Crippen LogP contribution is -2.46. The Balaban J connectivity index is 2.10. The summed E-state index contributed by atoms with van der Waals surface area (Å²) in [7, 11) is 0. The molecule has 2 aliphatic carbocycles. The van der Waals surface area contributed by atoms with E-state index in [4.69, 9.17) is 4.74 Å². The van der Waals surface area contributed by atoms with Crippen molar-refractivity contribution in [3.63, 3.8) is 0 Å². The molecule has 3 atom stereocenters. The molecule has 0 aromatic heterocycles. The smallest absolute Gasteiger partial charge is 0.337 e. The zero-order valence-corrected chi connectivity index (χ0v) is 11.5. The van der Waals surface area contributed by atoms with E-state index >= 15 is 0 Å². The molecule has 1 N–H and O–H groups in total. The van der Waals surface area contributed by atoms with E-state index in [0.717, 1.165) is 36.8 Å². The van der Waals surface area contributed by atoms with Crippen LogP contribution in [0.1, 0.15) is 52.9 Å². The quantitative estimate of drug-likeness (QED) is 0.672. The molecule has 1 aliphatic heterocycles. The Morgan fingerprint density at radius 3 is 2.72 bits per heavy atom. The second-order valence-electron chi connectivity index (χ2n) is 7.01. The van der Waals surface area contributed by atoms with Gasteiger partial charge in [0.15, 0.2) is 0 Å². The Bertz CT molecular complexity index is 435. The van der Waals surface area contributed by atoms with Crippen LogP contribution in [-0.4, -0.2) is 17.4 Å². The lowest BCUT2D eigenvalue weighted by atomic mass is 9.50. The van der Waals surface area contributed by atoms with Gasteiger partial charge in [0.25, 0.3) is 0 Å². The molecule has 1 heterocycles. The molecule has 3 aliphatic rings. The molecule has 0 spiro atoms. The SMILES string of the molecule is CC1(C)CCCC2(C)C3=C(CCC12)C(O)OC3=O. The number of aliphatic hydroxyl groups excluding tert-OH is 1. The Kier molecular flexibility index (Phi) is 2.44. The molecule has 1 fully saturated rings. The summed E-state index contributed by atoms with van der Waals surface area (Å²) in [6.07, 6.45) is 4.33. The molecule has 18 heavy (non-hydrogen) atoms. The standard InChI is InChI=1S/C15H22O3/c1-14(2)7-4-8-15(3)10(14)6-5-9-11(15)13(17)18-12(9)16/h10,12,16H,4-8H2,1-3H3. The van der Waals surface area contributed by atoms with E-state index < -0.39 is 6.29 Å². The highest BCUT2D eigenvalue weighted by Crippen LogP contribution is 2.61. The van der Waals surface area contributed by atoms with Crippen molar-refractivity contribution in [2.75, 3.05) is 0 Å². The highest BCUT2D eigenvalue weighted by atomic mass is 16.6. The predicted molar refractivity (Wildman–Crippen MR) is 67.6 cm³/mol. The van der Waals surface area contributed by atoms with Gasteiger partial charge in [-0.1, -0.05) is 27.2 Å². The van der Waals surface area contributed by atoms with Crippen molar-refractivity contribution in [1.82, 2.24) is 0 Å². The lowest BCUT2D eigenvalue weighted by molar-refractivity contribution is -0.153. The van der Waals surface area contributed by atoms with Gasteiger partial charge in [-0.05, 0) is 37.0 Å². The van der Waals surface area contributed by atoms with Crippen LogP contribution in [0.4, 0.5) is 0 Å². The van der Waals surface area contributed by atoms with Crippen molar-refractivity contribution in [3.05, 3.63) is 11.1 Å². The van der Waals surface area contributed by atoms with Crippen LogP contribution in [0.25, 0.3) is 0 Å². The number of hydrogen-bond acceptors (Lipinski definition) is 3. The van der Waals surface area contributed by atoms with E-state index in [0.29, 0.717) is 5.92 Å². The minimum atomic E-state index is -0.977. The van der Waals surface area contributed by atoms with Crippen molar-refractivity contribution >= 4 is 5.97 Å². The van der Waals surface area contributed by atoms with E-state index in [1.807, 2.05) is 0 Å². The number of rotatable bonds is 0. The van der Waals surface area contributed by atoms with Gasteiger partial charge in [-0.2, -0.15) is 0 Å². The molecule has 3 rings (SSSR count). The van der Waals surface area contributed by atoms with Gasteiger partial charge in [-0.15, -0.1) is 0 Å². The predicted octanol–water partition coefficient (Wildman–Crippen LogP) is 2.78. The molecule has 3 heteroatoms. The van der Waals surface area contributed by atoms with Crippen LogP contribution in [0.3, 0.4) is 0 Å². The maximum atomic E-state index is 12.0. The first-order valence-corrected chi connectivity index (χ1v) is 6.99. The summed E-state index contributed by atoms with van der Waals surface area (Å²) >= 11 is 0. The molecule has 0 radical (unpaired) electrons. The maximum absolute atomic E-state index is 12.0. The maximum Gasteiger partial charge on any atom is 0.337 e. The first-order chi connectivity index (χ1) is 8.36. The number of ether oxygens (including phenoxy) is 1. The van der Waals surface area contributed by atoms with E-state index in [1.165, 1.54) is 6.42 Å². The number of hydrogen-bond donors (Lipinski definition) is 1. The number of fused-ring (bicyclic) bond motifs is 2. The van der Waals surface area contributed by atoms with Crippen molar-refractivity contribution in [2.24, 2.45) is 16.7 Å². The molecule has 3 unspecified atom stereocenters. The number of cyclic esters (lactones) is 1. The molecular weight excluding hydrogens is 228 g/mol. The summed E-state index contributed by atoms with van der Waals surface area (Å²) in [6, 6.07) is 0. The van der Waals surface area contributed by atoms with Gasteiger partial charge in [0.05, 0.1) is 0 Å². The average Bonchev–Trinajstić information content (AvgIpc) is 2.54. The highest BCUT2D eigenvalue weighted by molar-refractivity contribution is 5.94. The lowest BCUT2D eigenvalue weighted by Gasteiger charge is -2.53. The fourth-order valence-electron chi connectivity index (χ4n) is 4.76. The van der Waals surface area contributed by atoms with Crippen LogP contribution in [-0.2, 0) is 9.53 Å². The van der Waals surface area contributed by atoms with Gasteiger partial charge in [0.2, 0.25) is 6.29 Å². The van der Waals surface area contributed by atoms with Crippen LogP contribution in [0, 0.1) is 16.7 Å². The molecular formula is C15H22O3. The van der Waals surface area contributed by atoms with Crippen LogP contribution in [0.2, 0.25) is 0 Å². The fourth-order valence-corrected chi connectivity index (χ4v) is 4.76. The zero-order valence-electron chi connectivity index (χ0n) is 11.5. The average molecular weight is 250 g/mol. The topological polar surface area (TPSA) is 46.5 Å². The van der Waals surface area contributed by atoms with E-state index in [2.05, 4.69) is 20.8 Å². The van der Waals surface area contributed by atoms with Gasteiger partial charge in [-0.25, -0.2) is 4.79 Å². The van der Waals surface area contributed by atoms with Crippen LogP contribution in [0.5, 0.6) is 0 Å². The van der Waals surface area contributed by atoms with E-state index in [1.54, 1.807) is 0 Å². The third-order valence-corrected chi connectivity index (χ3v) is 5.55. The Morgan fingerprint density at radius 1 is 1.28 bits per heavy atom. The fraction of sp³-hybridized carbons (Fsp3) is 0.800. The number of esters is 1. The van der Waals surface area contributed by atoms with Crippen molar-refractivity contribution in [3.8, 4) is 0 Å². The zero-order chi connectivity index (χ0) is 13.1. The van der Waals surface area contributed by atoms with Gasteiger partial charge in [0.1, 0.15) is 0 Å². The minimum Gasteiger partial charge on any atom is -0.428 e. The normalized spacial score (nSPS) is 42.3. The van der Waals surface area contributed by atoms with Gasteiger partial charge < -0.3 is 9.84 Å². The molecule has 0 saturated heterocycles. The molecule has 0 aromatic rings. The molecule has 3 nitrogen and oxygen atoms in total. The summed E-state index contributed by atoms with van der Waals surface area (Å²) in [5.74, 6) is 0.248. The highest BCUT2D eigenvalue weighted by Gasteiger charge is 2.55. The summed E-state index contributed by atoms with van der Waals surface area (Å²) in [6.45, 7) is 6.83. The number of carbonyl (C=O) groups is 1. The van der Waals surface area contributed by atoms with Crippen molar-refractivity contribution in [2.45, 2.75) is 59.2 Å². The number of carbonyl (C=O) groups excluding carboxylic acids is 1. The van der Waals surface area contributed by atoms with Gasteiger partial charge >= 0.3 is 5.97 Å². The molecule has 0 amide bonds. The monoisotopic (exact) mass is 250 g/mol. The summed E-state index contributed by atoms with van der Waals surface area (Å²) in [5, 5.41) is 9.83. The van der Waals surface area contributed by atoms with E-state index in [-0.39, 0.29) is 16.8 Å². The summed E-state index contributed by atoms with van der Waals surface area (Å²) in [5.41, 5.74) is 1.85. The molecule has 0 aromatic carbocycles. The van der Waals surface area contributed by atoms with Crippen molar-refractivity contribution < 1.29 is 14.6 Å². The van der Waals surface area contributed by atoms with Gasteiger partial charge in [-0.3, -0.25) is 0 Å². The molecule has 1 saturated carbocycles. The summed E-state index contributed by atoms with van der Waals surface area (Å²) < 4.78 is 5.03. The Morgan fingerprint density at radius 2 is 2.00 bits per heavy atom. The first-order valence-electron chi connectivity index (χ1n) is 6.99. The Labute approximate surface area is 108 Å². The van der Waals surface area contributed by atoms with E-state index in [9.17, 15) is 9.90 Å². The second kappa shape index (κ2) is 3.60. The van der Waals surface area contributed by atoms with Crippen molar-refractivity contribution in [1.29, 1.82) is 0 Å². The first kappa shape index (κ1) is 12.2. The van der Waals surface area contributed by atoms with Crippen LogP contribution >= 0.6 is 0 Å². The van der Waals surface area contributed by atoms with Crippen LogP contribution < -0.4 is 0 Å². The largest absolute Gasteiger partial charge is 0.428 e. The van der Waals surface area contributed by atoms with Crippen LogP contribution in [0.15, 0.2) is 11.1 Å². The molecule has 100 valence electrons.